The molecule has 0 saturated heterocycles. The number of benzene rings is 1. The number of carbonyl (C=O) groups excluding carboxylic acids is 1. The SMILES string of the molecule is CC(C)OCCOC(=O)Nc1cccc(CN)c1. The molecule has 0 saturated carbocycles. The highest BCUT2D eigenvalue weighted by atomic mass is 16.6. The van der Waals surface area contributed by atoms with E-state index in [1.165, 1.54) is 0 Å². The number of nitrogens with two attached hydrogens (primary N) is 1. The molecule has 0 heterocycles. The smallest absolute Gasteiger partial charge is 0.411 e. The van der Waals surface area contributed by atoms with Crippen LogP contribution in [0.3, 0.4) is 0 Å². The number of ether oxygens (including phenoxy) is 2. The van der Waals surface area contributed by atoms with Crippen LogP contribution < -0.4 is 11.1 Å². The third-order valence-electron chi connectivity index (χ3n) is 2.18. The second kappa shape index (κ2) is 7.68. The molecule has 5 heteroatoms. The number of amides is 1. The zero-order valence-corrected chi connectivity index (χ0v) is 10.8. The molecule has 1 aromatic rings. The molecule has 1 rings (SSSR count). The van der Waals surface area contributed by atoms with Gasteiger partial charge in [-0.2, -0.15) is 0 Å². The maximum atomic E-state index is 11.4. The molecule has 100 valence electrons. The summed E-state index contributed by atoms with van der Waals surface area (Å²) in [4.78, 5) is 11.4. The van der Waals surface area contributed by atoms with E-state index in [2.05, 4.69) is 5.32 Å². The number of hydrogen-bond acceptors (Lipinski definition) is 4. The summed E-state index contributed by atoms with van der Waals surface area (Å²) >= 11 is 0. The highest BCUT2D eigenvalue weighted by Crippen LogP contribution is 2.10. The summed E-state index contributed by atoms with van der Waals surface area (Å²) in [6, 6.07) is 7.32. The van der Waals surface area contributed by atoms with Crippen LogP contribution in [0.25, 0.3) is 0 Å². The molecule has 0 aromatic heterocycles. The Labute approximate surface area is 107 Å². The number of nitrogens with one attached hydrogen (secondary N) is 1. The molecule has 0 radical (unpaired) electrons. The zero-order valence-electron chi connectivity index (χ0n) is 10.8. The number of anilines is 1. The summed E-state index contributed by atoms with van der Waals surface area (Å²) in [5.41, 5.74) is 7.14. The Hall–Kier alpha value is -1.59. The second-order valence-electron chi connectivity index (χ2n) is 4.08. The van der Waals surface area contributed by atoms with E-state index in [0.717, 1.165) is 5.56 Å². The Balaban J connectivity index is 2.30. The first-order valence-electron chi connectivity index (χ1n) is 5.96. The Morgan fingerprint density at radius 3 is 2.83 bits per heavy atom. The maximum absolute atomic E-state index is 11.4. The second-order valence-corrected chi connectivity index (χ2v) is 4.08. The van der Waals surface area contributed by atoms with Crippen LogP contribution in [0.4, 0.5) is 10.5 Å². The summed E-state index contributed by atoms with van der Waals surface area (Å²) in [6.45, 7) is 4.93. The first kappa shape index (κ1) is 14.5. The molecule has 5 nitrogen and oxygen atoms in total. The van der Waals surface area contributed by atoms with E-state index in [0.29, 0.717) is 18.8 Å². The Morgan fingerprint density at radius 1 is 1.39 bits per heavy atom. The summed E-state index contributed by atoms with van der Waals surface area (Å²) in [7, 11) is 0. The summed E-state index contributed by atoms with van der Waals surface area (Å²) in [5, 5.41) is 2.63. The third-order valence-corrected chi connectivity index (χ3v) is 2.18. The minimum atomic E-state index is -0.489. The van der Waals surface area contributed by atoms with Crippen molar-refractivity contribution in [3.8, 4) is 0 Å². The van der Waals surface area contributed by atoms with Gasteiger partial charge in [0.2, 0.25) is 0 Å². The van der Waals surface area contributed by atoms with Crippen LogP contribution in [-0.2, 0) is 16.0 Å². The van der Waals surface area contributed by atoms with Crippen LogP contribution in [0.1, 0.15) is 19.4 Å². The van der Waals surface area contributed by atoms with Crippen molar-refractivity contribution in [1.29, 1.82) is 0 Å². The predicted molar refractivity (Wildman–Crippen MR) is 70.4 cm³/mol. The molecule has 18 heavy (non-hydrogen) atoms. The molecule has 1 amide bonds. The van der Waals surface area contributed by atoms with E-state index in [1.54, 1.807) is 6.07 Å². The molecule has 0 aliphatic carbocycles. The largest absolute Gasteiger partial charge is 0.447 e. The van der Waals surface area contributed by atoms with E-state index in [9.17, 15) is 4.79 Å². The fraction of sp³-hybridized carbons (Fsp3) is 0.462. The van der Waals surface area contributed by atoms with Crippen molar-refractivity contribution in [3.05, 3.63) is 29.8 Å². The minimum absolute atomic E-state index is 0.137. The van der Waals surface area contributed by atoms with Crippen molar-refractivity contribution in [2.24, 2.45) is 5.73 Å². The number of hydrogen-bond donors (Lipinski definition) is 2. The summed E-state index contributed by atoms with van der Waals surface area (Å²) in [5.74, 6) is 0. The lowest BCUT2D eigenvalue weighted by Gasteiger charge is -2.09. The third kappa shape index (κ3) is 5.65. The normalized spacial score (nSPS) is 10.4. The van der Waals surface area contributed by atoms with Gasteiger partial charge in [0.05, 0.1) is 12.7 Å². The quantitative estimate of drug-likeness (QED) is 0.760. The van der Waals surface area contributed by atoms with E-state index >= 15 is 0 Å². The van der Waals surface area contributed by atoms with Gasteiger partial charge in [-0.1, -0.05) is 12.1 Å². The zero-order chi connectivity index (χ0) is 13.4. The van der Waals surface area contributed by atoms with Crippen LogP contribution in [0, 0.1) is 0 Å². The van der Waals surface area contributed by atoms with Gasteiger partial charge in [-0.25, -0.2) is 4.79 Å². The van der Waals surface area contributed by atoms with Gasteiger partial charge in [-0.15, -0.1) is 0 Å². The Bertz CT molecular complexity index is 380. The summed E-state index contributed by atoms with van der Waals surface area (Å²) in [6.07, 6.45) is -0.352. The maximum Gasteiger partial charge on any atom is 0.411 e. The van der Waals surface area contributed by atoms with Crippen molar-refractivity contribution < 1.29 is 14.3 Å². The highest BCUT2D eigenvalue weighted by molar-refractivity contribution is 5.84. The van der Waals surface area contributed by atoms with Crippen molar-refractivity contribution in [3.63, 3.8) is 0 Å². The van der Waals surface area contributed by atoms with Gasteiger partial charge in [-0.3, -0.25) is 5.32 Å². The number of rotatable bonds is 6. The molecule has 0 aliphatic rings. The molecular weight excluding hydrogens is 232 g/mol. The van der Waals surface area contributed by atoms with Crippen molar-refractivity contribution in [2.45, 2.75) is 26.5 Å². The van der Waals surface area contributed by atoms with Gasteiger partial charge in [0.25, 0.3) is 0 Å². The van der Waals surface area contributed by atoms with E-state index < -0.39 is 6.09 Å². The Kier molecular flexibility index (Phi) is 6.18. The molecule has 0 fully saturated rings. The molecule has 0 atom stereocenters. The molecule has 1 aromatic carbocycles. The van der Waals surface area contributed by atoms with E-state index in [4.69, 9.17) is 15.2 Å². The molecular formula is C13H20N2O3. The average molecular weight is 252 g/mol. The van der Waals surface area contributed by atoms with Gasteiger partial charge >= 0.3 is 6.09 Å². The minimum Gasteiger partial charge on any atom is -0.447 e. The average Bonchev–Trinajstić information content (AvgIpc) is 2.34. The number of carbonyl (C=O) groups is 1. The molecule has 0 spiro atoms. The Morgan fingerprint density at radius 2 is 2.17 bits per heavy atom. The lowest BCUT2D eigenvalue weighted by molar-refractivity contribution is 0.0427. The van der Waals surface area contributed by atoms with Gasteiger partial charge in [-0.05, 0) is 31.5 Å². The van der Waals surface area contributed by atoms with Crippen LogP contribution >= 0.6 is 0 Å². The predicted octanol–water partition coefficient (Wildman–Crippen LogP) is 2.12. The van der Waals surface area contributed by atoms with E-state index in [-0.39, 0.29) is 12.7 Å². The first-order valence-corrected chi connectivity index (χ1v) is 5.96. The highest BCUT2D eigenvalue weighted by Gasteiger charge is 2.03. The standard InChI is InChI=1S/C13H20N2O3/c1-10(2)17-6-7-18-13(16)15-12-5-3-4-11(8-12)9-14/h3-5,8,10H,6-7,9,14H2,1-2H3,(H,15,16). The van der Waals surface area contributed by atoms with Gasteiger partial charge in [0.1, 0.15) is 6.61 Å². The van der Waals surface area contributed by atoms with E-state index in [1.807, 2.05) is 32.0 Å². The monoisotopic (exact) mass is 252 g/mol. The summed E-state index contributed by atoms with van der Waals surface area (Å²) < 4.78 is 10.2. The van der Waals surface area contributed by atoms with Gasteiger partial charge in [0, 0.05) is 12.2 Å². The lowest BCUT2D eigenvalue weighted by Crippen LogP contribution is -2.18. The molecule has 3 N–H and O–H groups in total. The van der Waals surface area contributed by atoms with Crippen LogP contribution in [-0.4, -0.2) is 25.4 Å². The molecule has 0 aliphatic heterocycles. The topological polar surface area (TPSA) is 73.6 Å². The lowest BCUT2D eigenvalue weighted by atomic mass is 10.2. The fourth-order valence-electron chi connectivity index (χ4n) is 1.35. The van der Waals surface area contributed by atoms with Crippen LogP contribution in [0.15, 0.2) is 24.3 Å². The molecule has 0 bridgehead atoms. The van der Waals surface area contributed by atoms with Gasteiger partial charge in [0.15, 0.2) is 0 Å². The van der Waals surface area contributed by atoms with Crippen molar-refractivity contribution >= 4 is 11.8 Å². The van der Waals surface area contributed by atoms with Crippen molar-refractivity contribution in [1.82, 2.24) is 0 Å². The van der Waals surface area contributed by atoms with Crippen LogP contribution in [0.5, 0.6) is 0 Å². The molecule has 0 unspecified atom stereocenters. The van der Waals surface area contributed by atoms with Crippen LogP contribution in [0.2, 0.25) is 0 Å². The van der Waals surface area contributed by atoms with Crippen molar-refractivity contribution in [2.75, 3.05) is 18.5 Å². The first-order chi connectivity index (χ1) is 8.61. The van der Waals surface area contributed by atoms with Gasteiger partial charge < -0.3 is 15.2 Å². The fourth-order valence-corrected chi connectivity index (χ4v) is 1.35.